The van der Waals surface area contributed by atoms with Gasteiger partial charge in [-0.15, -0.1) is 0 Å². The van der Waals surface area contributed by atoms with Crippen LogP contribution in [0.1, 0.15) is 26.7 Å². The number of likely N-dealkylation sites (tertiary alicyclic amines) is 1. The van der Waals surface area contributed by atoms with Crippen LogP contribution in [0.3, 0.4) is 0 Å². The average molecular weight is 242 g/mol. The lowest BCUT2D eigenvalue weighted by Gasteiger charge is -2.36. The molecule has 98 valence electrons. The number of piperidine rings is 1. The Bertz CT molecular complexity index is 307. The first-order chi connectivity index (χ1) is 7.76. The molecule has 0 radical (unpaired) electrons. The highest BCUT2D eigenvalue weighted by Crippen LogP contribution is 2.22. The van der Waals surface area contributed by atoms with Crippen LogP contribution in [0, 0.1) is 5.92 Å². The van der Waals surface area contributed by atoms with Crippen LogP contribution in [-0.2, 0) is 9.59 Å². The summed E-state index contributed by atoms with van der Waals surface area (Å²) in [7, 11) is 3.61. The first-order valence-corrected chi connectivity index (χ1v) is 5.96. The molecule has 17 heavy (non-hydrogen) atoms. The maximum absolute atomic E-state index is 12.2. The molecule has 5 heteroatoms. The maximum Gasteiger partial charge on any atom is 0.329 e. The highest BCUT2D eigenvalue weighted by Gasteiger charge is 2.38. The van der Waals surface area contributed by atoms with E-state index in [9.17, 15) is 9.59 Å². The van der Waals surface area contributed by atoms with Gasteiger partial charge in [0.15, 0.2) is 0 Å². The molecular weight excluding hydrogens is 220 g/mol. The number of carboxylic acid groups (broad SMARTS) is 1. The molecule has 1 fully saturated rings. The number of hydrogen-bond acceptors (Lipinski definition) is 3. The van der Waals surface area contributed by atoms with Gasteiger partial charge in [0.25, 0.3) is 0 Å². The highest BCUT2D eigenvalue weighted by atomic mass is 16.4. The Labute approximate surface area is 102 Å². The zero-order valence-corrected chi connectivity index (χ0v) is 11.1. The van der Waals surface area contributed by atoms with E-state index < -0.39 is 11.5 Å². The number of hydrogen-bond donors (Lipinski definition) is 1. The van der Waals surface area contributed by atoms with E-state index in [0.29, 0.717) is 0 Å². The van der Waals surface area contributed by atoms with Crippen molar-refractivity contribution in [1.82, 2.24) is 9.80 Å². The molecule has 1 rings (SSSR count). The van der Waals surface area contributed by atoms with E-state index >= 15 is 0 Å². The van der Waals surface area contributed by atoms with Crippen LogP contribution in [0.2, 0.25) is 0 Å². The van der Waals surface area contributed by atoms with Crippen LogP contribution in [-0.4, -0.2) is 59.5 Å². The molecule has 1 amide bonds. The molecule has 5 nitrogen and oxygen atoms in total. The number of carbonyl (C=O) groups is 2. The van der Waals surface area contributed by atoms with Crippen LogP contribution >= 0.6 is 0 Å². The summed E-state index contributed by atoms with van der Waals surface area (Å²) in [6, 6.07) is 0. The van der Waals surface area contributed by atoms with E-state index in [1.54, 1.807) is 20.9 Å². The van der Waals surface area contributed by atoms with Gasteiger partial charge in [-0.1, -0.05) is 0 Å². The summed E-state index contributed by atoms with van der Waals surface area (Å²) in [5, 5.41) is 9.10. The normalized spacial score (nSPS) is 19.1. The predicted octanol–water partition coefficient (Wildman–Crippen LogP) is 0.650. The number of nitrogens with zero attached hydrogens (tertiary/aromatic N) is 2. The SMILES string of the molecule is CN1CCC(C(=O)N(C)C(C)(C)C(=O)O)CC1. The average Bonchev–Trinajstić information content (AvgIpc) is 2.27. The van der Waals surface area contributed by atoms with Crippen molar-refractivity contribution in [2.45, 2.75) is 32.2 Å². The number of rotatable bonds is 3. The summed E-state index contributed by atoms with van der Waals surface area (Å²) < 4.78 is 0. The Kier molecular flexibility index (Phi) is 4.14. The van der Waals surface area contributed by atoms with E-state index in [0.717, 1.165) is 25.9 Å². The summed E-state index contributed by atoms with van der Waals surface area (Å²) in [5.74, 6) is -1.05. The fourth-order valence-electron chi connectivity index (χ4n) is 1.95. The zero-order valence-electron chi connectivity index (χ0n) is 11.1. The Hall–Kier alpha value is -1.10. The van der Waals surface area contributed by atoms with Gasteiger partial charge in [-0.05, 0) is 46.8 Å². The largest absolute Gasteiger partial charge is 0.480 e. The van der Waals surface area contributed by atoms with Crippen LogP contribution in [0.5, 0.6) is 0 Å². The van der Waals surface area contributed by atoms with Crippen molar-refractivity contribution >= 4 is 11.9 Å². The molecule has 1 aliphatic heterocycles. The quantitative estimate of drug-likeness (QED) is 0.789. The second kappa shape index (κ2) is 5.04. The predicted molar refractivity (Wildman–Crippen MR) is 64.7 cm³/mol. The Balaban J connectivity index is 2.67. The van der Waals surface area contributed by atoms with Crippen molar-refractivity contribution in [3.8, 4) is 0 Å². The lowest BCUT2D eigenvalue weighted by molar-refractivity contribution is -0.157. The Morgan fingerprint density at radius 3 is 2.18 bits per heavy atom. The fraction of sp³-hybridized carbons (Fsp3) is 0.833. The van der Waals surface area contributed by atoms with Gasteiger partial charge in [0, 0.05) is 13.0 Å². The molecule has 1 N–H and O–H groups in total. The number of amides is 1. The minimum atomic E-state index is -1.14. The molecule has 0 aromatic carbocycles. The van der Waals surface area contributed by atoms with Crippen molar-refractivity contribution in [2.75, 3.05) is 27.2 Å². The number of carbonyl (C=O) groups excluding carboxylic acids is 1. The van der Waals surface area contributed by atoms with Gasteiger partial charge in [-0.25, -0.2) is 4.79 Å². The molecule has 1 saturated heterocycles. The van der Waals surface area contributed by atoms with E-state index in [1.165, 1.54) is 4.90 Å². The molecule has 0 aromatic rings. The van der Waals surface area contributed by atoms with Crippen molar-refractivity contribution in [3.63, 3.8) is 0 Å². The second-order valence-corrected chi connectivity index (χ2v) is 5.34. The summed E-state index contributed by atoms with van der Waals surface area (Å²) >= 11 is 0. The highest BCUT2D eigenvalue weighted by molar-refractivity contribution is 5.87. The number of carboxylic acids is 1. The molecule has 0 spiro atoms. The van der Waals surface area contributed by atoms with E-state index in [4.69, 9.17) is 5.11 Å². The second-order valence-electron chi connectivity index (χ2n) is 5.34. The van der Waals surface area contributed by atoms with Crippen molar-refractivity contribution in [3.05, 3.63) is 0 Å². The summed E-state index contributed by atoms with van der Waals surface area (Å²) in [6.45, 7) is 4.92. The molecule has 0 unspecified atom stereocenters. The Morgan fingerprint density at radius 1 is 1.29 bits per heavy atom. The third kappa shape index (κ3) is 2.97. The lowest BCUT2D eigenvalue weighted by atomic mass is 9.93. The van der Waals surface area contributed by atoms with E-state index in [1.807, 2.05) is 7.05 Å². The minimum Gasteiger partial charge on any atom is -0.480 e. The third-order valence-electron chi connectivity index (χ3n) is 3.76. The molecule has 0 saturated carbocycles. The molecule has 0 bridgehead atoms. The summed E-state index contributed by atoms with van der Waals surface area (Å²) in [6.07, 6.45) is 1.63. The maximum atomic E-state index is 12.2. The van der Waals surface area contributed by atoms with Gasteiger partial charge < -0.3 is 14.9 Å². The van der Waals surface area contributed by atoms with Gasteiger partial charge in [0.2, 0.25) is 5.91 Å². The minimum absolute atomic E-state index is 0.0326. The van der Waals surface area contributed by atoms with Crippen molar-refractivity contribution < 1.29 is 14.7 Å². The molecule has 0 aromatic heterocycles. The number of likely N-dealkylation sites (N-methyl/N-ethyl adjacent to an activating group) is 1. The molecular formula is C12H22N2O3. The van der Waals surface area contributed by atoms with Gasteiger partial charge in [0.1, 0.15) is 5.54 Å². The topological polar surface area (TPSA) is 60.9 Å². The zero-order chi connectivity index (χ0) is 13.2. The van der Waals surface area contributed by atoms with Gasteiger partial charge in [-0.3, -0.25) is 4.79 Å². The van der Waals surface area contributed by atoms with Gasteiger partial charge in [0.05, 0.1) is 0 Å². The van der Waals surface area contributed by atoms with Crippen LogP contribution < -0.4 is 0 Å². The van der Waals surface area contributed by atoms with Crippen LogP contribution in [0.4, 0.5) is 0 Å². The molecule has 0 aliphatic carbocycles. The Morgan fingerprint density at radius 2 is 1.76 bits per heavy atom. The van der Waals surface area contributed by atoms with Gasteiger partial charge in [-0.2, -0.15) is 0 Å². The number of aliphatic carboxylic acids is 1. The fourth-order valence-corrected chi connectivity index (χ4v) is 1.95. The first kappa shape index (κ1) is 14.0. The molecule has 1 heterocycles. The van der Waals surface area contributed by atoms with Gasteiger partial charge >= 0.3 is 5.97 Å². The van der Waals surface area contributed by atoms with E-state index in [2.05, 4.69) is 4.90 Å². The van der Waals surface area contributed by atoms with Crippen LogP contribution in [0.15, 0.2) is 0 Å². The molecule has 0 atom stereocenters. The third-order valence-corrected chi connectivity index (χ3v) is 3.76. The summed E-state index contributed by atoms with van der Waals surface area (Å²) in [4.78, 5) is 26.9. The first-order valence-electron chi connectivity index (χ1n) is 5.96. The molecule has 1 aliphatic rings. The van der Waals surface area contributed by atoms with Crippen molar-refractivity contribution in [2.24, 2.45) is 5.92 Å². The van der Waals surface area contributed by atoms with Crippen molar-refractivity contribution in [1.29, 1.82) is 0 Å². The van der Waals surface area contributed by atoms with Crippen LogP contribution in [0.25, 0.3) is 0 Å². The smallest absolute Gasteiger partial charge is 0.329 e. The standard InChI is InChI=1S/C12H22N2O3/c1-12(2,11(16)17)14(4)10(15)9-5-7-13(3)8-6-9/h9H,5-8H2,1-4H3,(H,16,17). The van der Waals surface area contributed by atoms with E-state index in [-0.39, 0.29) is 11.8 Å². The summed E-state index contributed by atoms with van der Waals surface area (Å²) in [5.41, 5.74) is -1.14. The monoisotopic (exact) mass is 242 g/mol. The lowest BCUT2D eigenvalue weighted by Crippen LogP contribution is -2.53.